The second kappa shape index (κ2) is 5.57. The topological polar surface area (TPSA) is 12.4 Å². The van der Waals surface area contributed by atoms with Crippen LogP contribution in [0.2, 0.25) is 0 Å². The molecule has 0 spiro atoms. The molecule has 1 aliphatic carbocycles. The molecule has 1 nitrogen and oxygen atoms in total. The first kappa shape index (κ1) is 14.8. The zero-order valence-electron chi connectivity index (χ0n) is 13.8. The molecule has 1 heteroatoms. The molecule has 0 saturated carbocycles. The van der Waals surface area contributed by atoms with Crippen molar-refractivity contribution in [2.45, 2.75) is 39.2 Å². The maximum absolute atomic E-state index is 4.86. The maximum Gasteiger partial charge on any atom is 0.0527 e. The Labute approximate surface area is 133 Å². The summed E-state index contributed by atoms with van der Waals surface area (Å²) in [5.41, 5.74) is 6.37. The van der Waals surface area contributed by atoms with Crippen molar-refractivity contribution in [1.29, 1.82) is 0 Å². The Kier molecular flexibility index (Phi) is 3.74. The Balaban J connectivity index is 2.08. The summed E-state index contributed by atoms with van der Waals surface area (Å²) in [7, 11) is 0. The summed E-state index contributed by atoms with van der Waals surface area (Å²) in [5.74, 6) is 0.331. The summed E-state index contributed by atoms with van der Waals surface area (Å²) < 4.78 is 0. The first-order valence-corrected chi connectivity index (χ1v) is 7.88. The van der Waals surface area contributed by atoms with E-state index in [0.29, 0.717) is 5.92 Å². The normalized spacial score (nSPS) is 17.6. The largest absolute Gasteiger partial charge is 0.284 e. The van der Waals surface area contributed by atoms with Gasteiger partial charge in [0, 0.05) is 11.6 Å². The van der Waals surface area contributed by atoms with Gasteiger partial charge in [0.25, 0.3) is 0 Å². The van der Waals surface area contributed by atoms with Crippen LogP contribution in [0.5, 0.6) is 0 Å². The number of hydrogen-bond donors (Lipinski definition) is 0. The Morgan fingerprint density at radius 2 is 1.55 bits per heavy atom. The van der Waals surface area contributed by atoms with Crippen molar-refractivity contribution in [2.24, 2.45) is 4.99 Å². The fourth-order valence-electron chi connectivity index (χ4n) is 3.18. The molecule has 0 bridgehead atoms. The molecule has 1 atom stereocenters. The monoisotopic (exact) mass is 289 g/mol. The van der Waals surface area contributed by atoms with Crippen LogP contribution in [0.3, 0.4) is 0 Å². The highest BCUT2D eigenvalue weighted by Crippen LogP contribution is 2.36. The van der Waals surface area contributed by atoms with Gasteiger partial charge in [0.1, 0.15) is 0 Å². The number of aliphatic imine (C=N–C) groups is 1. The minimum absolute atomic E-state index is 0.0549. The molecule has 2 aromatic rings. The molecule has 22 heavy (non-hydrogen) atoms. The molecule has 0 fully saturated rings. The van der Waals surface area contributed by atoms with Crippen LogP contribution in [0, 0.1) is 0 Å². The second-order valence-corrected chi connectivity index (χ2v) is 6.92. The molecule has 3 rings (SSSR count). The SMILES string of the molecule is C/C(=N\C(C)(C)C)c1ccccc1C1C=Cc2ccccc21. The smallest absolute Gasteiger partial charge is 0.0527 e. The number of fused-ring (bicyclic) bond motifs is 1. The predicted octanol–water partition coefficient (Wildman–Crippen LogP) is 5.45. The lowest BCUT2D eigenvalue weighted by atomic mass is 9.88. The van der Waals surface area contributed by atoms with Gasteiger partial charge in [-0.2, -0.15) is 0 Å². The van der Waals surface area contributed by atoms with Gasteiger partial charge in [-0.3, -0.25) is 4.99 Å². The van der Waals surface area contributed by atoms with Gasteiger partial charge in [-0.25, -0.2) is 0 Å². The lowest BCUT2D eigenvalue weighted by Crippen LogP contribution is -2.14. The number of nitrogens with zero attached hydrogens (tertiary/aromatic N) is 1. The summed E-state index contributed by atoms with van der Waals surface area (Å²) in [5, 5.41) is 0. The van der Waals surface area contributed by atoms with Crippen LogP contribution in [0.1, 0.15) is 55.9 Å². The quantitative estimate of drug-likeness (QED) is 0.652. The Bertz CT molecular complexity index is 744. The number of hydrogen-bond acceptors (Lipinski definition) is 1. The van der Waals surface area contributed by atoms with Crippen molar-refractivity contribution in [2.75, 3.05) is 0 Å². The van der Waals surface area contributed by atoms with Crippen molar-refractivity contribution >= 4 is 11.8 Å². The fraction of sp³-hybridized carbons (Fsp3) is 0.286. The van der Waals surface area contributed by atoms with Crippen LogP contribution < -0.4 is 0 Å². The van der Waals surface area contributed by atoms with E-state index in [1.54, 1.807) is 0 Å². The molecule has 0 heterocycles. The third-order valence-corrected chi connectivity index (χ3v) is 3.99. The molecule has 0 saturated heterocycles. The van der Waals surface area contributed by atoms with Crippen molar-refractivity contribution in [3.63, 3.8) is 0 Å². The minimum Gasteiger partial charge on any atom is -0.284 e. The van der Waals surface area contributed by atoms with Crippen molar-refractivity contribution in [3.05, 3.63) is 76.9 Å². The molecule has 0 aliphatic heterocycles. The zero-order valence-corrected chi connectivity index (χ0v) is 13.8. The van der Waals surface area contributed by atoms with E-state index >= 15 is 0 Å². The van der Waals surface area contributed by atoms with Crippen LogP contribution in [0.4, 0.5) is 0 Å². The van der Waals surface area contributed by atoms with Gasteiger partial charge in [-0.05, 0) is 49.9 Å². The van der Waals surface area contributed by atoms with Gasteiger partial charge in [0.05, 0.1) is 5.54 Å². The third-order valence-electron chi connectivity index (χ3n) is 3.99. The van der Waals surface area contributed by atoms with Gasteiger partial charge >= 0.3 is 0 Å². The molecule has 2 aromatic carbocycles. The van der Waals surface area contributed by atoms with Crippen molar-refractivity contribution in [1.82, 2.24) is 0 Å². The van der Waals surface area contributed by atoms with Gasteiger partial charge in [0.15, 0.2) is 0 Å². The van der Waals surface area contributed by atoms with Gasteiger partial charge < -0.3 is 0 Å². The Hall–Kier alpha value is -2.15. The van der Waals surface area contributed by atoms with Crippen LogP contribution in [-0.2, 0) is 0 Å². The van der Waals surface area contributed by atoms with Crippen LogP contribution in [0.15, 0.2) is 59.6 Å². The van der Waals surface area contributed by atoms with E-state index < -0.39 is 0 Å². The third kappa shape index (κ3) is 2.89. The molecule has 1 aliphatic rings. The molecule has 112 valence electrons. The fourth-order valence-corrected chi connectivity index (χ4v) is 3.18. The van der Waals surface area contributed by atoms with Gasteiger partial charge in [-0.1, -0.05) is 60.7 Å². The first-order valence-electron chi connectivity index (χ1n) is 7.88. The van der Waals surface area contributed by atoms with Crippen LogP contribution >= 0.6 is 0 Å². The maximum atomic E-state index is 4.86. The van der Waals surface area contributed by atoms with E-state index in [0.717, 1.165) is 5.71 Å². The predicted molar refractivity (Wildman–Crippen MR) is 95.7 cm³/mol. The van der Waals surface area contributed by atoms with Crippen LogP contribution in [-0.4, -0.2) is 11.3 Å². The molecule has 0 N–H and O–H groups in total. The average Bonchev–Trinajstić information content (AvgIpc) is 2.89. The lowest BCUT2D eigenvalue weighted by Gasteiger charge is -2.19. The van der Waals surface area contributed by atoms with Gasteiger partial charge in [0.2, 0.25) is 0 Å². The molecular weight excluding hydrogens is 266 g/mol. The minimum atomic E-state index is -0.0549. The summed E-state index contributed by atoms with van der Waals surface area (Å²) >= 11 is 0. The second-order valence-electron chi connectivity index (χ2n) is 6.92. The van der Waals surface area contributed by atoms with E-state index in [1.807, 2.05) is 0 Å². The number of rotatable bonds is 2. The van der Waals surface area contributed by atoms with Crippen molar-refractivity contribution < 1.29 is 0 Å². The van der Waals surface area contributed by atoms with E-state index in [1.165, 1.54) is 22.3 Å². The molecule has 0 radical (unpaired) electrons. The Morgan fingerprint density at radius 1 is 0.909 bits per heavy atom. The van der Waals surface area contributed by atoms with Gasteiger partial charge in [-0.15, -0.1) is 0 Å². The molecule has 1 unspecified atom stereocenters. The highest BCUT2D eigenvalue weighted by atomic mass is 14.8. The summed E-state index contributed by atoms with van der Waals surface area (Å²) in [6.45, 7) is 8.55. The highest BCUT2D eigenvalue weighted by Gasteiger charge is 2.22. The molecule has 0 amide bonds. The van der Waals surface area contributed by atoms with E-state index in [-0.39, 0.29) is 5.54 Å². The molecular formula is C21H23N. The summed E-state index contributed by atoms with van der Waals surface area (Å²) in [6.07, 6.45) is 4.53. The number of allylic oxidation sites excluding steroid dienone is 1. The summed E-state index contributed by atoms with van der Waals surface area (Å²) in [4.78, 5) is 4.86. The van der Waals surface area contributed by atoms with E-state index in [2.05, 4.69) is 88.4 Å². The average molecular weight is 289 g/mol. The Morgan fingerprint density at radius 3 is 2.27 bits per heavy atom. The van der Waals surface area contributed by atoms with E-state index in [9.17, 15) is 0 Å². The van der Waals surface area contributed by atoms with Crippen molar-refractivity contribution in [3.8, 4) is 0 Å². The number of benzene rings is 2. The summed E-state index contributed by atoms with van der Waals surface area (Å²) in [6, 6.07) is 17.3. The van der Waals surface area contributed by atoms with E-state index in [4.69, 9.17) is 4.99 Å². The first-order chi connectivity index (χ1) is 10.5. The molecule has 0 aromatic heterocycles. The standard InChI is InChI=1S/C21H23N/c1-15(22-21(2,3)4)17-10-7-8-12-19(17)20-14-13-16-9-5-6-11-18(16)20/h5-14,20H,1-4H3/b22-15+. The lowest BCUT2D eigenvalue weighted by molar-refractivity contribution is 0.583. The highest BCUT2D eigenvalue weighted by molar-refractivity contribution is 6.00. The zero-order chi connectivity index (χ0) is 15.7. The van der Waals surface area contributed by atoms with Crippen LogP contribution in [0.25, 0.3) is 6.08 Å².